The van der Waals surface area contributed by atoms with E-state index in [4.69, 9.17) is 0 Å². The molecule has 1 N–H and O–H groups in total. The van der Waals surface area contributed by atoms with Crippen LogP contribution in [0.4, 0.5) is 0 Å². The summed E-state index contributed by atoms with van der Waals surface area (Å²) >= 11 is 0. The maximum Gasteiger partial charge on any atom is 0.219 e. The lowest BCUT2D eigenvalue weighted by molar-refractivity contribution is -0.128. The minimum Gasteiger partial charge on any atom is -0.342 e. The van der Waals surface area contributed by atoms with Crippen molar-refractivity contribution in [2.75, 3.05) is 39.3 Å². The van der Waals surface area contributed by atoms with Crippen molar-refractivity contribution in [2.45, 2.75) is 26.3 Å². The van der Waals surface area contributed by atoms with Gasteiger partial charge in [0.2, 0.25) is 5.91 Å². The van der Waals surface area contributed by atoms with Crippen molar-refractivity contribution >= 4 is 5.91 Å². The first-order valence-electron chi connectivity index (χ1n) is 6.39. The molecule has 0 bridgehead atoms. The van der Waals surface area contributed by atoms with Gasteiger partial charge >= 0.3 is 0 Å². The van der Waals surface area contributed by atoms with E-state index in [-0.39, 0.29) is 5.91 Å². The molecule has 0 aromatic rings. The van der Waals surface area contributed by atoms with Gasteiger partial charge in [-0.15, -0.1) is 0 Å². The third kappa shape index (κ3) is 2.55. The van der Waals surface area contributed by atoms with E-state index in [1.807, 2.05) is 4.90 Å². The molecule has 0 aliphatic carbocycles. The van der Waals surface area contributed by atoms with Gasteiger partial charge in [-0.3, -0.25) is 9.69 Å². The molecule has 2 heterocycles. The van der Waals surface area contributed by atoms with Crippen molar-refractivity contribution in [1.82, 2.24) is 15.1 Å². The minimum absolute atomic E-state index is 0.222. The highest BCUT2D eigenvalue weighted by atomic mass is 16.2. The molecule has 1 amide bonds. The summed E-state index contributed by atoms with van der Waals surface area (Å²) in [5.41, 5.74) is 0. The zero-order chi connectivity index (χ0) is 11.5. The van der Waals surface area contributed by atoms with Crippen molar-refractivity contribution in [3.8, 4) is 0 Å². The third-order valence-electron chi connectivity index (χ3n) is 3.92. The number of nitrogens with zero attached hydrogens (tertiary/aromatic N) is 2. The number of carbonyl (C=O) groups excluding carboxylic acids is 1. The van der Waals surface area contributed by atoms with Crippen molar-refractivity contribution in [1.29, 1.82) is 0 Å². The minimum atomic E-state index is 0.222. The Balaban J connectivity index is 1.90. The van der Waals surface area contributed by atoms with Gasteiger partial charge in [-0.25, -0.2) is 0 Å². The summed E-state index contributed by atoms with van der Waals surface area (Å²) in [6.07, 6.45) is 1.11. The van der Waals surface area contributed by atoms with Gasteiger partial charge in [0.1, 0.15) is 0 Å². The Labute approximate surface area is 98.0 Å². The SMILES string of the molecule is CC(=O)N1CCCN([C@@H]2CNC[C@H]2C)CC1. The number of nitrogens with one attached hydrogen (secondary N) is 1. The molecular weight excluding hydrogens is 202 g/mol. The van der Waals surface area contributed by atoms with E-state index in [1.165, 1.54) is 0 Å². The second-order valence-electron chi connectivity index (χ2n) is 5.10. The van der Waals surface area contributed by atoms with Crippen LogP contribution in [0.15, 0.2) is 0 Å². The summed E-state index contributed by atoms with van der Waals surface area (Å²) in [6.45, 7) is 10.3. The Hall–Kier alpha value is -0.610. The number of hydrogen-bond donors (Lipinski definition) is 1. The van der Waals surface area contributed by atoms with Gasteiger partial charge in [0, 0.05) is 45.7 Å². The van der Waals surface area contributed by atoms with Gasteiger partial charge in [0.25, 0.3) is 0 Å². The quantitative estimate of drug-likeness (QED) is 0.690. The fourth-order valence-corrected chi connectivity index (χ4v) is 2.87. The van der Waals surface area contributed by atoms with E-state index >= 15 is 0 Å². The molecule has 4 nitrogen and oxygen atoms in total. The molecule has 0 aromatic carbocycles. The fourth-order valence-electron chi connectivity index (χ4n) is 2.87. The molecule has 4 heteroatoms. The smallest absolute Gasteiger partial charge is 0.219 e. The van der Waals surface area contributed by atoms with Crippen LogP contribution < -0.4 is 5.32 Å². The topological polar surface area (TPSA) is 35.6 Å². The van der Waals surface area contributed by atoms with Crippen molar-refractivity contribution in [3.05, 3.63) is 0 Å². The summed E-state index contributed by atoms with van der Waals surface area (Å²) in [4.78, 5) is 15.9. The van der Waals surface area contributed by atoms with E-state index in [0.29, 0.717) is 6.04 Å². The van der Waals surface area contributed by atoms with Crippen LogP contribution in [0, 0.1) is 5.92 Å². The molecule has 0 saturated carbocycles. The van der Waals surface area contributed by atoms with Gasteiger partial charge in [0.15, 0.2) is 0 Å². The van der Waals surface area contributed by atoms with Crippen LogP contribution in [-0.2, 0) is 4.79 Å². The zero-order valence-corrected chi connectivity index (χ0v) is 10.4. The summed E-state index contributed by atoms with van der Waals surface area (Å²) in [6, 6.07) is 0.673. The number of hydrogen-bond acceptors (Lipinski definition) is 3. The maximum absolute atomic E-state index is 11.3. The fraction of sp³-hybridized carbons (Fsp3) is 0.917. The summed E-state index contributed by atoms with van der Waals surface area (Å²) in [5, 5.41) is 3.45. The maximum atomic E-state index is 11.3. The lowest BCUT2D eigenvalue weighted by Gasteiger charge is -2.29. The Morgan fingerprint density at radius 3 is 2.62 bits per heavy atom. The highest BCUT2D eigenvalue weighted by molar-refractivity contribution is 5.73. The van der Waals surface area contributed by atoms with Gasteiger partial charge in [-0.1, -0.05) is 6.92 Å². The molecule has 0 radical (unpaired) electrons. The normalized spacial score (nSPS) is 32.8. The average Bonchev–Trinajstić information content (AvgIpc) is 2.54. The van der Waals surface area contributed by atoms with Crippen molar-refractivity contribution in [2.24, 2.45) is 5.92 Å². The summed E-state index contributed by atoms with van der Waals surface area (Å²) < 4.78 is 0. The predicted octanol–water partition coefficient (Wildman–Crippen LogP) is 0.149. The molecule has 2 aliphatic rings. The molecule has 2 fully saturated rings. The van der Waals surface area contributed by atoms with Gasteiger partial charge in [0.05, 0.1) is 0 Å². The van der Waals surface area contributed by atoms with Crippen LogP contribution in [-0.4, -0.2) is 61.0 Å². The average molecular weight is 225 g/mol. The van der Waals surface area contributed by atoms with Gasteiger partial charge in [-0.2, -0.15) is 0 Å². The molecule has 2 aliphatic heterocycles. The van der Waals surface area contributed by atoms with E-state index in [2.05, 4.69) is 17.1 Å². The van der Waals surface area contributed by atoms with Crippen molar-refractivity contribution < 1.29 is 4.79 Å². The Morgan fingerprint density at radius 2 is 2.00 bits per heavy atom. The van der Waals surface area contributed by atoms with Crippen LogP contribution in [0.2, 0.25) is 0 Å². The van der Waals surface area contributed by atoms with Crippen LogP contribution in [0.3, 0.4) is 0 Å². The standard InChI is InChI=1S/C12H23N3O/c1-10-8-13-9-12(10)15-5-3-4-14(6-7-15)11(2)16/h10,12-13H,3-9H2,1-2H3/t10-,12-/m1/s1. The molecule has 2 saturated heterocycles. The van der Waals surface area contributed by atoms with E-state index in [1.54, 1.807) is 6.92 Å². The second-order valence-corrected chi connectivity index (χ2v) is 5.10. The largest absolute Gasteiger partial charge is 0.342 e. The highest BCUT2D eigenvalue weighted by Gasteiger charge is 2.30. The van der Waals surface area contributed by atoms with Gasteiger partial charge in [-0.05, 0) is 18.9 Å². The Morgan fingerprint density at radius 1 is 1.19 bits per heavy atom. The molecule has 16 heavy (non-hydrogen) atoms. The summed E-state index contributed by atoms with van der Waals surface area (Å²) in [7, 11) is 0. The molecular formula is C12H23N3O. The lowest BCUT2D eigenvalue weighted by Crippen LogP contribution is -2.42. The second kappa shape index (κ2) is 5.15. The van der Waals surface area contributed by atoms with Gasteiger partial charge < -0.3 is 10.2 Å². The monoisotopic (exact) mass is 225 g/mol. The molecule has 92 valence electrons. The van der Waals surface area contributed by atoms with Crippen LogP contribution >= 0.6 is 0 Å². The molecule has 0 spiro atoms. The van der Waals surface area contributed by atoms with E-state index < -0.39 is 0 Å². The first kappa shape index (κ1) is 11.9. The molecule has 2 atom stereocenters. The van der Waals surface area contributed by atoms with E-state index in [0.717, 1.165) is 51.6 Å². The third-order valence-corrected chi connectivity index (χ3v) is 3.92. The van der Waals surface area contributed by atoms with Crippen molar-refractivity contribution in [3.63, 3.8) is 0 Å². The molecule has 0 aromatic heterocycles. The molecule has 0 unspecified atom stereocenters. The number of amides is 1. The first-order valence-corrected chi connectivity index (χ1v) is 6.39. The number of rotatable bonds is 1. The van der Waals surface area contributed by atoms with Crippen LogP contribution in [0.1, 0.15) is 20.3 Å². The highest BCUT2D eigenvalue weighted by Crippen LogP contribution is 2.17. The zero-order valence-electron chi connectivity index (χ0n) is 10.4. The summed E-state index contributed by atoms with van der Waals surface area (Å²) in [5.74, 6) is 0.961. The van der Waals surface area contributed by atoms with Crippen LogP contribution in [0.25, 0.3) is 0 Å². The predicted molar refractivity (Wildman–Crippen MR) is 64.3 cm³/mol. The van der Waals surface area contributed by atoms with E-state index in [9.17, 15) is 4.79 Å². The lowest BCUT2D eigenvalue weighted by atomic mass is 10.0. The first-order chi connectivity index (χ1) is 7.68. The molecule has 2 rings (SSSR count). The Bertz CT molecular complexity index is 257. The van der Waals surface area contributed by atoms with Crippen LogP contribution in [0.5, 0.6) is 0 Å². The number of carbonyl (C=O) groups is 1. The Kier molecular flexibility index (Phi) is 3.82.